The van der Waals surface area contributed by atoms with Crippen LogP contribution in [-0.4, -0.2) is 40.4 Å². The number of amides is 1. The first kappa shape index (κ1) is 15.7. The quantitative estimate of drug-likeness (QED) is 0.899. The number of aromatic amines is 1. The molecule has 0 bridgehead atoms. The smallest absolute Gasteiger partial charge is 0.223 e. The van der Waals surface area contributed by atoms with E-state index >= 15 is 0 Å². The number of hydrogen-bond acceptors (Lipinski definition) is 3. The third-order valence-electron chi connectivity index (χ3n) is 4.93. The second-order valence-electron chi connectivity index (χ2n) is 6.65. The van der Waals surface area contributed by atoms with Crippen LogP contribution in [0.3, 0.4) is 0 Å². The van der Waals surface area contributed by atoms with E-state index in [0.717, 1.165) is 55.3 Å². The molecule has 1 aromatic heterocycles. The summed E-state index contributed by atoms with van der Waals surface area (Å²) < 4.78 is 0. The maximum atomic E-state index is 12.5. The average Bonchev–Trinajstić information content (AvgIpc) is 3.23. The molecule has 2 aromatic rings. The Morgan fingerprint density at radius 2 is 2.17 bits per heavy atom. The highest BCUT2D eigenvalue weighted by Crippen LogP contribution is 2.25. The summed E-state index contributed by atoms with van der Waals surface area (Å²) in [5.41, 5.74) is 3.15. The van der Waals surface area contributed by atoms with Crippen molar-refractivity contribution in [2.24, 2.45) is 5.92 Å². The number of nitrogens with one attached hydrogen (secondary N) is 2. The summed E-state index contributed by atoms with van der Waals surface area (Å²) in [6, 6.07) is 7.65. The lowest BCUT2D eigenvalue weighted by Gasteiger charge is -2.27. The number of hydrogen-bond donors (Lipinski definition) is 2. The van der Waals surface area contributed by atoms with Crippen LogP contribution >= 0.6 is 11.6 Å². The topological polar surface area (TPSA) is 61.0 Å². The Hall–Kier alpha value is -1.85. The van der Waals surface area contributed by atoms with Gasteiger partial charge in [0.1, 0.15) is 5.82 Å². The van der Waals surface area contributed by atoms with E-state index in [-0.39, 0.29) is 5.91 Å². The van der Waals surface area contributed by atoms with Crippen molar-refractivity contribution in [3.05, 3.63) is 40.7 Å². The highest BCUT2D eigenvalue weighted by atomic mass is 35.5. The zero-order valence-corrected chi connectivity index (χ0v) is 14.3. The third-order valence-corrected chi connectivity index (χ3v) is 5.18. The molecule has 0 spiro atoms. The largest absolute Gasteiger partial charge is 0.340 e. The van der Waals surface area contributed by atoms with Gasteiger partial charge in [0.2, 0.25) is 5.91 Å². The van der Waals surface area contributed by atoms with Crippen molar-refractivity contribution in [1.29, 1.82) is 0 Å². The molecule has 0 unspecified atom stereocenters. The van der Waals surface area contributed by atoms with Gasteiger partial charge in [0, 0.05) is 30.0 Å². The van der Waals surface area contributed by atoms with Gasteiger partial charge < -0.3 is 15.2 Å². The molecular formula is C18H21ClN4O. The molecule has 3 heterocycles. The number of carbonyl (C=O) groups excluding carboxylic acids is 1. The molecular weight excluding hydrogens is 324 g/mol. The first-order chi connectivity index (χ1) is 11.7. The van der Waals surface area contributed by atoms with Gasteiger partial charge >= 0.3 is 0 Å². The summed E-state index contributed by atoms with van der Waals surface area (Å²) in [5, 5.41) is 4.04. The Kier molecular flexibility index (Phi) is 4.29. The molecule has 0 saturated carbocycles. The average molecular weight is 345 g/mol. The number of imidazole rings is 1. The molecule has 6 heteroatoms. The van der Waals surface area contributed by atoms with Gasteiger partial charge in [0.05, 0.1) is 17.9 Å². The molecule has 1 aromatic carbocycles. The Morgan fingerprint density at radius 1 is 1.33 bits per heavy atom. The summed E-state index contributed by atoms with van der Waals surface area (Å²) in [6.07, 6.45) is 2.57. The van der Waals surface area contributed by atoms with Crippen molar-refractivity contribution in [2.75, 3.05) is 19.6 Å². The summed E-state index contributed by atoms with van der Waals surface area (Å²) in [6.45, 7) is 3.40. The van der Waals surface area contributed by atoms with E-state index in [9.17, 15) is 4.79 Å². The van der Waals surface area contributed by atoms with E-state index in [1.165, 1.54) is 0 Å². The van der Waals surface area contributed by atoms with Gasteiger partial charge in [-0.25, -0.2) is 4.98 Å². The monoisotopic (exact) mass is 344 g/mol. The molecule has 4 rings (SSSR count). The molecule has 1 saturated heterocycles. The van der Waals surface area contributed by atoms with Crippen molar-refractivity contribution in [3.8, 4) is 11.4 Å². The van der Waals surface area contributed by atoms with Gasteiger partial charge in [0.15, 0.2) is 0 Å². The van der Waals surface area contributed by atoms with Gasteiger partial charge in [-0.1, -0.05) is 11.6 Å². The maximum Gasteiger partial charge on any atom is 0.223 e. The zero-order chi connectivity index (χ0) is 16.5. The van der Waals surface area contributed by atoms with Crippen molar-refractivity contribution in [1.82, 2.24) is 20.2 Å². The number of rotatable bonds is 3. The molecule has 5 nitrogen and oxygen atoms in total. The van der Waals surface area contributed by atoms with Crippen molar-refractivity contribution in [3.63, 3.8) is 0 Å². The normalized spacial score (nSPS) is 20.2. The maximum absolute atomic E-state index is 12.5. The van der Waals surface area contributed by atoms with Crippen LogP contribution in [0, 0.1) is 5.92 Å². The van der Waals surface area contributed by atoms with Crippen LogP contribution in [-0.2, 0) is 17.8 Å². The molecule has 2 aliphatic rings. The molecule has 0 aliphatic carbocycles. The summed E-state index contributed by atoms with van der Waals surface area (Å²) in [7, 11) is 0. The SMILES string of the molecule is O=C(C[C@@H]1CCNC1)N1CCc2nc(-c3ccc(Cl)cc3)[nH]c2C1. The number of H-pyrrole nitrogens is 1. The van der Waals surface area contributed by atoms with Crippen molar-refractivity contribution in [2.45, 2.75) is 25.8 Å². The molecule has 24 heavy (non-hydrogen) atoms. The third kappa shape index (κ3) is 3.19. The summed E-state index contributed by atoms with van der Waals surface area (Å²) in [5.74, 6) is 1.60. The predicted molar refractivity (Wildman–Crippen MR) is 93.7 cm³/mol. The number of nitrogens with zero attached hydrogens (tertiary/aromatic N) is 2. The summed E-state index contributed by atoms with van der Waals surface area (Å²) >= 11 is 5.94. The van der Waals surface area contributed by atoms with Crippen LogP contribution in [0.15, 0.2) is 24.3 Å². The highest BCUT2D eigenvalue weighted by Gasteiger charge is 2.26. The molecule has 0 radical (unpaired) electrons. The van der Waals surface area contributed by atoms with Gasteiger partial charge in [-0.15, -0.1) is 0 Å². The Labute approximate surface area is 146 Å². The number of aromatic nitrogens is 2. The number of fused-ring (bicyclic) bond motifs is 1. The van der Waals surface area contributed by atoms with Crippen molar-refractivity contribution >= 4 is 17.5 Å². The van der Waals surface area contributed by atoms with Crippen LogP contribution < -0.4 is 5.32 Å². The Balaban J connectivity index is 1.46. The predicted octanol–water partition coefficient (Wildman–Crippen LogP) is 2.61. The van der Waals surface area contributed by atoms with E-state index in [2.05, 4.69) is 10.3 Å². The molecule has 1 amide bonds. The summed E-state index contributed by atoms with van der Waals surface area (Å²) in [4.78, 5) is 22.6. The standard InChI is InChI=1S/C18H21ClN4O/c19-14-3-1-13(2-4-14)18-21-15-6-8-23(11-16(15)22-18)17(24)9-12-5-7-20-10-12/h1-4,12,20H,5-11H2,(H,21,22)/t12-/m0/s1. The fourth-order valence-corrected chi connectivity index (χ4v) is 3.64. The van der Waals surface area contributed by atoms with Crippen LogP contribution in [0.25, 0.3) is 11.4 Å². The molecule has 126 valence electrons. The fraction of sp³-hybridized carbons (Fsp3) is 0.444. The minimum absolute atomic E-state index is 0.261. The van der Waals surface area contributed by atoms with Crippen LogP contribution in [0.1, 0.15) is 24.2 Å². The molecule has 1 fully saturated rings. The van der Waals surface area contributed by atoms with Crippen molar-refractivity contribution < 1.29 is 4.79 Å². The van der Waals surface area contributed by atoms with E-state index in [0.29, 0.717) is 23.9 Å². The molecule has 2 N–H and O–H groups in total. The zero-order valence-electron chi connectivity index (χ0n) is 13.5. The second kappa shape index (κ2) is 6.57. The number of halogens is 1. The van der Waals surface area contributed by atoms with Crippen LogP contribution in [0.4, 0.5) is 0 Å². The van der Waals surface area contributed by atoms with E-state index < -0.39 is 0 Å². The first-order valence-electron chi connectivity index (χ1n) is 8.51. The minimum atomic E-state index is 0.261. The van der Waals surface area contributed by atoms with Crippen LogP contribution in [0.2, 0.25) is 5.02 Å². The van der Waals surface area contributed by atoms with Gasteiger partial charge in [-0.05, 0) is 49.7 Å². The van der Waals surface area contributed by atoms with E-state index in [1.54, 1.807) is 0 Å². The minimum Gasteiger partial charge on any atom is -0.340 e. The Bertz CT molecular complexity index is 734. The van der Waals surface area contributed by atoms with Gasteiger partial charge in [0.25, 0.3) is 0 Å². The number of carbonyl (C=O) groups is 1. The Morgan fingerprint density at radius 3 is 2.92 bits per heavy atom. The lowest BCUT2D eigenvalue weighted by atomic mass is 10.0. The van der Waals surface area contributed by atoms with Gasteiger partial charge in [-0.3, -0.25) is 4.79 Å². The number of benzene rings is 1. The van der Waals surface area contributed by atoms with E-state index in [4.69, 9.17) is 16.6 Å². The highest BCUT2D eigenvalue weighted by molar-refractivity contribution is 6.30. The van der Waals surface area contributed by atoms with Gasteiger partial charge in [-0.2, -0.15) is 0 Å². The van der Waals surface area contributed by atoms with Crippen LogP contribution in [0.5, 0.6) is 0 Å². The van der Waals surface area contributed by atoms with E-state index in [1.807, 2.05) is 29.2 Å². The molecule has 2 aliphatic heterocycles. The fourth-order valence-electron chi connectivity index (χ4n) is 3.52. The lowest BCUT2D eigenvalue weighted by molar-refractivity contribution is -0.133. The molecule has 1 atom stereocenters. The first-order valence-corrected chi connectivity index (χ1v) is 8.89. The lowest BCUT2D eigenvalue weighted by Crippen LogP contribution is -2.37. The second-order valence-corrected chi connectivity index (χ2v) is 7.08.